The highest BCUT2D eigenvalue weighted by atomic mass is 32.2. The topological polar surface area (TPSA) is 116 Å². The van der Waals surface area contributed by atoms with Crippen LogP contribution in [0.1, 0.15) is 51.4 Å². The Bertz CT molecular complexity index is 767. The number of hydrogen-bond donors (Lipinski definition) is 2. The van der Waals surface area contributed by atoms with Gasteiger partial charge in [0.2, 0.25) is 11.8 Å². The summed E-state index contributed by atoms with van der Waals surface area (Å²) in [7, 11) is 0. The number of nitrogens with one attached hydrogen (secondary N) is 1. The van der Waals surface area contributed by atoms with Gasteiger partial charge < -0.3 is 15.5 Å². The average Bonchev–Trinajstić information content (AvgIpc) is 3.29. The summed E-state index contributed by atoms with van der Waals surface area (Å²) in [5.74, 6) is 0.928. The van der Waals surface area contributed by atoms with E-state index < -0.39 is 5.91 Å². The normalized spacial score (nSPS) is 15.7. The molecule has 3 rings (SSSR count). The molecule has 1 aliphatic carbocycles. The number of carbonyl (C=O) groups is 2. The molecule has 2 heterocycles. The Labute approximate surface area is 168 Å². The second-order valence-corrected chi connectivity index (χ2v) is 7.99. The minimum absolute atomic E-state index is 0.000395. The van der Waals surface area contributed by atoms with Crippen LogP contribution in [-0.4, -0.2) is 38.4 Å². The van der Waals surface area contributed by atoms with Crippen LogP contribution in [0, 0.1) is 0 Å². The third-order valence-electron chi connectivity index (χ3n) is 4.84. The van der Waals surface area contributed by atoms with Crippen LogP contribution in [0.5, 0.6) is 0 Å². The molecule has 2 aromatic rings. The van der Waals surface area contributed by atoms with E-state index in [0.29, 0.717) is 23.3 Å². The van der Waals surface area contributed by atoms with E-state index in [0.717, 1.165) is 12.8 Å². The van der Waals surface area contributed by atoms with Crippen molar-refractivity contribution in [2.24, 2.45) is 5.73 Å². The SMILES string of the molecule is NC(=O)CCn1c(SCC(=O)NC2CCCCCCC2)nnc1-c1ccco1. The minimum atomic E-state index is -0.405. The lowest BCUT2D eigenvalue weighted by molar-refractivity contribution is -0.119. The van der Waals surface area contributed by atoms with E-state index in [1.165, 1.54) is 43.9 Å². The standard InChI is InChI=1S/C19H27N5O3S/c20-16(25)10-11-24-18(15-9-6-12-27-15)22-23-19(24)28-13-17(26)21-14-7-4-2-1-3-5-8-14/h6,9,12,14H,1-5,7-8,10-11,13H2,(H2,20,25)(H,21,26). The van der Waals surface area contributed by atoms with Crippen LogP contribution >= 0.6 is 11.8 Å². The molecule has 9 heteroatoms. The van der Waals surface area contributed by atoms with Crippen molar-refractivity contribution in [2.75, 3.05) is 5.75 Å². The predicted molar refractivity (Wildman–Crippen MR) is 107 cm³/mol. The summed E-state index contributed by atoms with van der Waals surface area (Å²) >= 11 is 1.31. The fraction of sp³-hybridized carbons (Fsp3) is 0.579. The number of nitrogens with zero attached hydrogens (tertiary/aromatic N) is 3. The van der Waals surface area contributed by atoms with Crippen LogP contribution in [0.15, 0.2) is 28.0 Å². The summed E-state index contributed by atoms with van der Waals surface area (Å²) in [6.45, 7) is 0.338. The van der Waals surface area contributed by atoms with Gasteiger partial charge in [0, 0.05) is 19.0 Å². The van der Waals surface area contributed by atoms with Crippen molar-refractivity contribution in [3.8, 4) is 11.6 Å². The molecule has 0 spiro atoms. The molecule has 0 aromatic carbocycles. The molecule has 3 N–H and O–H groups in total. The smallest absolute Gasteiger partial charge is 0.230 e. The molecule has 0 unspecified atom stereocenters. The zero-order chi connectivity index (χ0) is 19.8. The Morgan fingerprint density at radius 2 is 1.96 bits per heavy atom. The Balaban J connectivity index is 1.61. The molecule has 0 bridgehead atoms. The van der Waals surface area contributed by atoms with Crippen molar-refractivity contribution < 1.29 is 14.0 Å². The first kappa shape index (κ1) is 20.4. The van der Waals surface area contributed by atoms with Gasteiger partial charge in [-0.05, 0) is 25.0 Å². The van der Waals surface area contributed by atoms with Gasteiger partial charge in [-0.3, -0.25) is 14.2 Å². The predicted octanol–water partition coefficient (Wildman–Crippen LogP) is 2.73. The third kappa shape index (κ3) is 5.85. The molecule has 0 atom stereocenters. The minimum Gasteiger partial charge on any atom is -0.461 e. The van der Waals surface area contributed by atoms with Crippen molar-refractivity contribution >= 4 is 23.6 Å². The van der Waals surface area contributed by atoms with E-state index in [-0.39, 0.29) is 24.1 Å². The van der Waals surface area contributed by atoms with E-state index in [1.807, 2.05) is 0 Å². The molecule has 1 aliphatic rings. The molecule has 0 radical (unpaired) electrons. The van der Waals surface area contributed by atoms with Crippen LogP contribution in [0.2, 0.25) is 0 Å². The van der Waals surface area contributed by atoms with E-state index in [9.17, 15) is 9.59 Å². The first-order valence-corrected chi connectivity index (χ1v) is 10.8. The Hall–Kier alpha value is -2.29. The quantitative estimate of drug-likeness (QED) is 0.652. The number of primary amides is 1. The molecule has 1 fully saturated rings. The van der Waals surface area contributed by atoms with E-state index >= 15 is 0 Å². The summed E-state index contributed by atoms with van der Waals surface area (Å²) < 4.78 is 7.18. The highest BCUT2D eigenvalue weighted by molar-refractivity contribution is 7.99. The van der Waals surface area contributed by atoms with Crippen molar-refractivity contribution in [3.63, 3.8) is 0 Å². The summed E-state index contributed by atoms with van der Waals surface area (Å²) in [5, 5.41) is 12.1. The van der Waals surface area contributed by atoms with Crippen molar-refractivity contribution in [1.82, 2.24) is 20.1 Å². The number of thioether (sulfide) groups is 1. The van der Waals surface area contributed by atoms with Gasteiger partial charge in [0.05, 0.1) is 12.0 Å². The van der Waals surface area contributed by atoms with Gasteiger partial charge in [-0.15, -0.1) is 10.2 Å². The van der Waals surface area contributed by atoms with Crippen LogP contribution in [0.4, 0.5) is 0 Å². The Morgan fingerprint density at radius 1 is 1.21 bits per heavy atom. The van der Waals surface area contributed by atoms with E-state index in [1.54, 1.807) is 23.0 Å². The number of nitrogens with two attached hydrogens (primary N) is 1. The van der Waals surface area contributed by atoms with Gasteiger partial charge in [0.15, 0.2) is 16.7 Å². The van der Waals surface area contributed by atoms with Crippen molar-refractivity contribution in [3.05, 3.63) is 18.4 Å². The largest absolute Gasteiger partial charge is 0.461 e. The third-order valence-corrected chi connectivity index (χ3v) is 5.81. The molecule has 28 heavy (non-hydrogen) atoms. The van der Waals surface area contributed by atoms with E-state index in [2.05, 4.69) is 15.5 Å². The number of rotatable bonds is 8. The van der Waals surface area contributed by atoms with Crippen LogP contribution in [-0.2, 0) is 16.1 Å². The van der Waals surface area contributed by atoms with Crippen LogP contribution in [0.25, 0.3) is 11.6 Å². The van der Waals surface area contributed by atoms with Gasteiger partial charge in [0.1, 0.15) is 0 Å². The summed E-state index contributed by atoms with van der Waals surface area (Å²) in [6, 6.07) is 3.80. The molecule has 0 aliphatic heterocycles. The summed E-state index contributed by atoms with van der Waals surface area (Å²) in [5.41, 5.74) is 5.29. The molecular formula is C19H27N5O3S. The summed E-state index contributed by atoms with van der Waals surface area (Å²) in [4.78, 5) is 23.6. The van der Waals surface area contributed by atoms with Crippen LogP contribution < -0.4 is 11.1 Å². The van der Waals surface area contributed by atoms with Crippen LogP contribution in [0.3, 0.4) is 0 Å². The van der Waals surface area contributed by atoms with Crippen molar-refractivity contribution in [2.45, 2.75) is 69.1 Å². The zero-order valence-corrected chi connectivity index (χ0v) is 16.7. The van der Waals surface area contributed by atoms with Gasteiger partial charge in [-0.1, -0.05) is 43.9 Å². The Kier molecular flexibility index (Phi) is 7.53. The molecule has 1 saturated carbocycles. The highest BCUT2D eigenvalue weighted by Gasteiger charge is 2.19. The lowest BCUT2D eigenvalue weighted by Gasteiger charge is -2.20. The summed E-state index contributed by atoms with van der Waals surface area (Å²) in [6.07, 6.45) is 9.96. The van der Waals surface area contributed by atoms with Gasteiger partial charge in [-0.2, -0.15) is 0 Å². The monoisotopic (exact) mass is 405 g/mol. The number of carbonyl (C=O) groups excluding carboxylic acids is 2. The maximum absolute atomic E-state index is 12.4. The zero-order valence-electron chi connectivity index (χ0n) is 15.9. The molecule has 2 aromatic heterocycles. The lowest BCUT2D eigenvalue weighted by atomic mass is 9.97. The highest BCUT2D eigenvalue weighted by Crippen LogP contribution is 2.25. The molecule has 0 saturated heterocycles. The fourth-order valence-corrected chi connectivity index (χ4v) is 4.18. The second-order valence-electron chi connectivity index (χ2n) is 7.05. The first-order valence-electron chi connectivity index (χ1n) is 9.81. The number of hydrogen-bond acceptors (Lipinski definition) is 6. The second kappa shape index (κ2) is 10.3. The molecule has 152 valence electrons. The lowest BCUT2D eigenvalue weighted by Crippen LogP contribution is -2.36. The molecular weight excluding hydrogens is 378 g/mol. The molecule has 2 amide bonds. The van der Waals surface area contributed by atoms with Gasteiger partial charge in [0.25, 0.3) is 0 Å². The maximum atomic E-state index is 12.4. The first-order chi connectivity index (χ1) is 13.6. The average molecular weight is 406 g/mol. The fourth-order valence-electron chi connectivity index (χ4n) is 3.41. The van der Waals surface area contributed by atoms with Gasteiger partial charge >= 0.3 is 0 Å². The maximum Gasteiger partial charge on any atom is 0.230 e. The van der Waals surface area contributed by atoms with Crippen molar-refractivity contribution in [1.29, 1.82) is 0 Å². The number of amides is 2. The Morgan fingerprint density at radius 3 is 2.64 bits per heavy atom. The molecule has 8 nitrogen and oxygen atoms in total. The number of furan rings is 1. The van der Waals surface area contributed by atoms with Gasteiger partial charge in [-0.25, -0.2) is 0 Å². The number of aromatic nitrogens is 3. The van der Waals surface area contributed by atoms with E-state index in [4.69, 9.17) is 10.2 Å².